The maximum absolute atomic E-state index is 4.96. The molecule has 0 saturated carbocycles. The van der Waals surface area contributed by atoms with E-state index in [4.69, 9.17) is 10.1 Å². The van der Waals surface area contributed by atoms with Crippen LogP contribution in [0, 0.1) is 0 Å². The number of rotatable bonds is 2. The minimum atomic E-state index is -0.0430. The van der Waals surface area contributed by atoms with Crippen molar-refractivity contribution in [3.05, 3.63) is 64.5 Å². The smallest absolute Gasteiger partial charge is 0.231 e. The Morgan fingerprint density at radius 2 is 1.80 bits per heavy atom. The minimum absolute atomic E-state index is 0.0430. The number of fused-ring (bicyclic) bond motifs is 3. The van der Waals surface area contributed by atoms with Gasteiger partial charge in [0.1, 0.15) is 11.4 Å². The van der Waals surface area contributed by atoms with Gasteiger partial charge in [0.05, 0.1) is 5.71 Å². The molecule has 25 heavy (non-hydrogen) atoms. The Kier molecular flexibility index (Phi) is 3.73. The Balaban J connectivity index is 2.00. The normalized spacial score (nSPS) is 25.5. The Labute approximate surface area is 149 Å². The highest BCUT2D eigenvalue weighted by molar-refractivity contribution is 6.01. The third-order valence-corrected chi connectivity index (χ3v) is 5.32. The van der Waals surface area contributed by atoms with Crippen molar-refractivity contribution in [3.63, 3.8) is 0 Å². The number of benzene rings is 1. The lowest BCUT2D eigenvalue weighted by Gasteiger charge is -2.29. The van der Waals surface area contributed by atoms with Gasteiger partial charge in [-0.25, -0.2) is 9.89 Å². The maximum atomic E-state index is 4.96. The number of hydrogen-bond acceptors (Lipinski definition) is 3. The first kappa shape index (κ1) is 16.0. The topological polar surface area (TPSA) is 32.4 Å². The van der Waals surface area contributed by atoms with E-state index < -0.39 is 0 Å². The van der Waals surface area contributed by atoms with Crippen molar-refractivity contribution in [2.75, 3.05) is 0 Å². The van der Waals surface area contributed by atoms with Crippen LogP contribution < -0.4 is 4.90 Å². The van der Waals surface area contributed by atoms with Crippen molar-refractivity contribution in [3.8, 4) is 0 Å². The zero-order chi connectivity index (χ0) is 17.7. The molecule has 3 aliphatic rings. The zero-order valence-corrected chi connectivity index (χ0v) is 15.6. The minimum Gasteiger partial charge on any atom is -0.231 e. The highest BCUT2D eigenvalue weighted by Crippen LogP contribution is 2.36. The van der Waals surface area contributed by atoms with E-state index in [1.165, 1.54) is 38.7 Å². The van der Waals surface area contributed by atoms with Crippen LogP contribution in [0.15, 0.2) is 69.0 Å². The molecule has 0 bridgehead atoms. The molecule has 0 spiro atoms. The second-order valence-corrected chi connectivity index (χ2v) is 6.96. The molecule has 4 heteroatoms. The van der Waals surface area contributed by atoms with Gasteiger partial charge >= 0.3 is 0 Å². The largest absolute Gasteiger partial charge is 0.290 e. The van der Waals surface area contributed by atoms with E-state index in [2.05, 4.69) is 76.0 Å². The van der Waals surface area contributed by atoms with Gasteiger partial charge in [-0.3, -0.25) is 0 Å². The third-order valence-electron chi connectivity index (χ3n) is 5.32. The van der Waals surface area contributed by atoms with Crippen LogP contribution in [-0.2, 0) is 0 Å². The maximum Gasteiger partial charge on any atom is 0.290 e. The Bertz CT molecular complexity index is 884. The van der Waals surface area contributed by atoms with Gasteiger partial charge in [0.2, 0.25) is 0 Å². The van der Waals surface area contributed by atoms with Gasteiger partial charge in [-0.15, -0.1) is 0 Å². The van der Waals surface area contributed by atoms with Gasteiger partial charge < -0.3 is 0 Å². The quantitative estimate of drug-likeness (QED) is 0.884. The highest BCUT2D eigenvalue weighted by atomic mass is 15.6. The van der Waals surface area contributed by atoms with Crippen LogP contribution >= 0.6 is 0 Å². The first-order valence-electron chi connectivity index (χ1n) is 8.97. The van der Waals surface area contributed by atoms with E-state index in [0.717, 1.165) is 17.8 Å². The summed E-state index contributed by atoms with van der Waals surface area (Å²) in [6.45, 7) is 10.8. The molecule has 2 unspecified atom stereocenters. The Hall–Kier alpha value is -2.46. The molecule has 0 aliphatic carbocycles. The van der Waals surface area contributed by atoms with Gasteiger partial charge in [0.25, 0.3) is 6.29 Å². The van der Waals surface area contributed by atoms with Crippen LogP contribution in [0.5, 0.6) is 0 Å². The fourth-order valence-electron chi connectivity index (χ4n) is 4.28. The van der Waals surface area contributed by atoms with Crippen molar-refractivity contribution in [1.82, 2.24) is 5.01 Å². The van der Waals surface area contributed by atoms with E-state index in [-0.39, 0.29) is 6.29 Å². The van der Waals surface area contributed by atoms with Gasteiger partial charge in [-0.1, -0.05) is 25.1 Å². The third kappa shape index (κ3) is 2.32. The SMILES string of the molecule is CCC1=C(C)C2=C(c3ccccc3)[NH+]3C(C)=CC(C)=NC3N2N=C1C. The van der Waals surface area contributed by atoms with Gasteiger partial charge in [-0.05, 0) is 50.5 Å². The number of aliphatic imine (C=N–C) groups is 1. The van der Waals surface area contributed by atoms with E-state index in [1.807, 2.05) is 0 Å². The number of hydrogen-bond donors (Lipinski definition) is 1. The van der Waals surface area contributed by atoms with Crippen LogP contribution in [0.3, 0.4) is 0 Å². The molecule has 4 rings (SSSR count). The van der Waals surface area contributed by atoms with Gasteiger partial charge in [0.15, 0.2) is 5.70 Å². The van der Waals surface area contributed by atoms with Crippen molar-refractivity contribution < 1.29 is 4.90 Å². The predicted molar refractivity (Wildman–Crippen MR) is 103 cm³/mol. The van der Waals surface area contributed by atoms with Crippen molar-refractivity contribution >= 4 is 17.1 Å². The first-order valence-corrected chi connectivity index (χ1v) is 8.97. The van der Waals surface area contributed by atoms with E-state index >= 15 is 0 Å². The van der Waals surface area contributed by atoms with Crippen LogP contribution in [0.4, 0.5) is 0 Å². The second kappa shape index (κ2) is 5.81. The molecule has 128 valence electrons. The second-order valence-electron chi connectivity index (χ2n) is 6.96. The first-order chi connectivity index (χ1) is 12.0. The molecule has 4 nitrogen and oxygen atoms in total. The molecule has 1 aromatic carbocycles. The predicted octanol–water partition coefficient (Wildman–Crippen LogP) is 3.33. The summed E-state index contributed by atoms with van der Waals surface area (Å²) in [6.07, 6.45) is 3.14. The number of hydrazone groups is 1. The molecular weight excluding hydrogens is 308 g/mol. The fourth-order valence-corrected chi connectivity index (χ4v) is 4.28. The molecule has 1 N–H and O–H groups in total. The van der Waals surface area contributed by atoms with Crippen LogP contribution in [0.25, 0.3) is 5.70 Å². The average molecular weight is 333 g/mol. The molecule has 0 fully saturated rings. The summed E-state index contributed by atoms with van der Waals surface area (Å²) >= 11 is 0. The summed E-state index contributed by atoms with van der Waals surface area (Å²) in [4.78, 5) is 6.22. The molecule has 0 saturated heterocycles. The van der Waals surface area contributed by atoms with E-state index in [9.17, 15) is 0 Å². The Morgan fingerprint density at radius 1 is 1.08 bits per heavy atom. The number of quaternary nitrogens is 1. The summed E-state index contributed by atoms with van der Waals surface area (Å²) in [5.74, 6) is 0. The number of allylic oxidation sites excluding steroid dienone is 4. The highest BCUT2D eigenvalue weighted by Gasteiger charge is 2.48. The number of nitrogens with one attached hydrogen (secondary N) is 1. The Morgan fingerprint density at radius 3 is 2.48 bits per heavy atom. The lowest BCUT2D eigenvalue weighted by Crippen LogP contribution is -3.11. The van der Waals surface area contributed by atoms with Gasteiger partial charge in [-0.2, -0.15) is 10.1 Å². The van der Waals surface area contributed by atoms with Crippen LogP contribution in [0.1, 0.15) is 46.6 Å². The van der Waals surface area contributed by atoms with Crippen molar-refractivity contribution in [2.24, 2.45) is 10.1 Å². The molecule has 0 aromatic heterocycles. The number of nitrogens with zero attached hydrogens (tertiary/aromatic N) is 3. The summed E-state index contributed by atoms with van der Waals surface area (Å²) < 4.78 is 0. The van der Waals surface area contributed by atoms with E-state index in [0.29, 0.717) is 0 Å². The monoisotopic (exact) mass is 333 g/mol. The van der Waals surface area contributed by atoms with Crippen molar-refractivity contribution in [2.45, 2.75) is 47.3 Å². The summed E-state index contributed by atoms with van der Waals surface area (Å²) in [6, 6.07) is 10.7. The molecule has 2 atom stereocenters. The van der Waals surface area contributed by atoms with E-state index in [1.54, 1.807) is 0 Å². The lowest BCUT2D eigenvalue weighted by molar-refractivity contribution is -0.818. The zero-order valence-electron chi connectivity index (χ0n) is 15.6. The molecule has 3 heterocycles. The summed E-state index contributed by atoms with van der Waals surface area (Å²) in [5.41, 5.74) is 9.89. The average Bonchev–Trinajstić information content (AvgIpc) is 2.91. The summed E-state index contributed by atoms with van der Waals surface area (Å²) in [5, 5.41) is 7.10. The van der Waals surface area contributed by atoms with Crippen LogP contribution in [0.2, 0.25) is 0 Å². The molecule has 0 amide bonds. The molecule has 0 radical (unpaired) electrons. The lowest BCUT2D eigenvalue weighted by atomic mass is 9.96. The fraction of sp³-hybridized carbons (Fsp3) is 0.333. The van der Waals surface area contributed by atoms with Crippen molar-refractivity contribution in [1.29, 1.82) is 0 Å². The van der Waals surface area contributed by atoms with Crippen LogP contribution in [-0.4, -0.2) is 22.7 Å². The summed E-state index contributed by atoms with van der Waals surface area (Å²) in [7, 11) is 0. The molecule has 1 aromatic rings. The standard InChI is InChI=1S/C21H24N4/c1-6-18-15(4)19-20(17-10-8-7-9-11-17)24-14(3)12-13(2)22-21(24)25(19)23-16(18)5/h7-12,21H,6H2,1-5H3/p+1. The molecule has 3 aliphatic heterocycles. The molecular formula is C21H25N4+. The van der Waals surface area contributed by atoms with Gasteiger partial charge in [0, 0.05) is 24.3 Å².